The van der Waals surface area contributed by atoms with Crippen LogP contribution < -0.4 is 0 Å². The Hall–Kier alpha value is 0. The lowest BCUT2D eigenvalue weighted by molar-refractivity contribution is 0.319. The van der Waals surface area contributed by atoms with Gasteiger partial charge in [-0.1, -0.05) is 47.0 Å². The molecule has 0 N–H and O–H groups in total. The van der Waals surface area contributed by atoms with E-state index < -0.39 is 0 Å². The first-order valence-electron chi connectivity index (χ1n) is 6.61. The van der Waals surface area contributed by atoms with E-state index in [1.165, 1.54) is 38.5 Å². The molecule has 0 aliphatic heterocycles. The molecule has 1 fully saturated rings. The van der Waals surface area contributed by atoms with Gasteiger partial charge in [-0.15, -0.1) is 0 Å². The highest BCUT2D eigenvalue weighted by atomic mass is 14.3. The monoisotopic (exact) mass is 196 g/mol. The van der Waals surface area contributed by atoms with Gasteiger partial charge in [-0.2, -0.15) is 0 Å². The third-order valence-corrected chi connectivity index (χ3v) is 4.04. The summed E-state index contributed by atoms with van der Waals surface area (Å²) in [7, 11) is 0. The molecular weight excluding hydrogens is 168 g/mol. The highest BCUT2D eigenvalue weighted by Gasteiger charge is 2.21. The summed E-state index contributed by atoms with van der Waals surface area (Å²) in [6.07, 6.45) is 8.78. The summed E-state index contributed by atoms with van der Waals surface area (Å²) in [6, 6.07) is 0. The maximum absolute atomic E-state index is 2.45. The summed E-state index contributed by atoms with van der Waals surface area (Å²) >= 11 is 0. The van der Waals surface area contributed by atoms with Crippen molar-refractivity contribution in [2.75, 3.05) is 0 Å². The quantitative estimate of drug-likeness (QED) is 0.564. The Balaban J connectivity index is 2.37. The predicted octanol–water partition coefficient (Wildman–Crippen LogP) is 4.89. The van der Waals surface area contributed by atoms with Gasteiger partial charge in [0.2, 0.25) is 0 Å². The molecule has 0 bridgehead atoms. The molecule has 0 spiro atoms. The van der Waals surface area contributed by atoms with E-state index in [9.17, 15) is 0 Å². The molecule has 1 aliphatic carbocycles. The Kier molecular flexibility index (Phi) is 4.98. The average molecular weight is 196 g/mol. The summed E-state index contributed by atoms with van der Waals surface area (Å²) in [5, 5.41) is 0. The highest BCUT2D eigenvalue weighted by molar-refractivity contribution is 4.73. The number of rotatable bonds is 3. The van der Waals surface area contributed by atoms with E-state index >= 15 is 0 Å². The Morgan fingerprint density at radius 3 is 2.43 bits per heavy atom. The molecular formula is C14H28. The fraction of sp³-hybridized carbons (Fsp3) is 1.00. The van der Waals surface area contributed by atoms with Gasteiger partial charge in [0.1, 0.15) is 0 Å². The summed E-state index contributed by atoms with van der Waals surface area (Å²) in [6.45, 7) is 9.62. The van der Waals surface area contributed by atoms with Crippen molar-refractivity contribution in [3.05, 3.63) is 0 Å². The topological polar surface area (TPSA) is 0 Å². The molecule has 0 amide bonds. The zero-order valence-corrected chi connectivity index (χ0v) is 10.6. The van der Waals surface area contributed by atoms with E-state index in [-0.39, 0.29) is 0 Å². The van der Waals surface area contributed by atoms with Crippen LogP contribution in [0.4, 0.5) is 0 Å². The zero-order valence-electron chi connectivity index (χ0n) is 10.6. The fourth-order valence-corrected chi connectivity index (χ4v) is 3.06. The van der Waals surface area contributed by atoms with Crippen LogP contribution in [0.5, 0.6) is 0 Å². The van der Waals surface area contributed by atoms with Crippen LogP contribution in [-0.2, 0) is 0 Å². The molecule has 0 aromatic rings. The minimum atomic E-state index is 0.945. The fourth-order valence-electron chi connectivity index (χ4n) is 3.06. The van der Waals surface area contributed by atoms with Crippen molar-refractivity contribution >= 4 is 0 Å². The lowest BCUT2D eigenvalue weighted by Crippen LogP contribution is -2.08. The van der Waals surface area contributed by atoms with Crippen LogP contribution in [0.1, 0.15) is 66.2 Å². The van der Waals surface area contributed by atoms with Gasteiger partial charge in [0.15, 0.2) is 0 Å². The van der Waals surface area contributed by atoms with Crippen LogP contribution in [0.25, 0.3) is 0 Å². The zero-order chi connectivity index (χ0) is 10.6. The molecule has 0 radical (unpaired) electrons. The standard InChI is InChI=1S/C14H28/c1-5-11(2)9-14-7-6-12(3)8-13(4)10-14/h11-14H,5-10H2,1-4H3. The predicted molar refractivity (Wildman–Crippen MR) is 64.4 cm³/mol. The third kappa shape index (κ3) is 4.02. The molecule has 1 saturated carbocycles. The van der Waals surface area contributed by atoms with E-state index in [1.54, 1.807) is 0 Å². The second-order valence-electron chi connectivity index (χ2n) is 5.87. The summed E-state index contributed by atoms with van der Waals surface area (Å²) in [4.78, 5) is 0. The van der Waals surface area contributed by atoms with Crippen molar-refractivity contribution in [3.63, 3.8) is 0 Å². The maximum atomic E-state index is 2.45. The van der Waals surface area contributed by atoms with Crippen LogP contribution in [0.2, 0.25) is 0 Å². The lowest BCUT2D eigenvalue weighted by atomic mass is 9.86. The second-order valence-corrected chi connectivity index (χ2v) is 5.87. The van der Waals surface area contributed by atoms with Crippen molar-refractivity contribution < 1.29 is 0 Å². The van der Waals surface area contributed by atoms with Gasteiger partial charge in [-0.3, -0.25) is 0 Å². The SMILES string of the molecule is CCC(C)CC1CCC(C)CC(C)C1. The molecule has 0 aromatic carbocycles. The van der Waals surface area contributed by atoms with Gasteiger partial charge in [-0.05, 0) is 42.9 Å². The smallest absolute Gasteiger partial charge is 0.0409 e. The second kappa shape index (κ2) is 5.78. The van der Waals surface area contributed by atoms with Crippen molar-refractivity contribution in [1.29, 1.82) is 0 Å². The molecule has 0 heterocycles. The van der Waals surface area contributed by atoms with Gasteiger partial charge in [-0.25, -0.2) is 0 Å². The van der Waals surface area contributed by atoms with Gasteiger partial charge < -0.3 is 0 Å². The molecule has 14 heavy (non-hydrogen) atoms. The molecule has 1 aliphatic rings. The van der Waals surface area contributed by atoms with Gasteiger partial charge in [0.05, 0.1) is 0 Å². The molecule has 4 atom stereocenters. The minimum absolute atomic E-state index is 0.945. The summed E-state index contributed by atoms with van der Waals surface area (Å²) < 4.78 is 0. The first kappa shape index (κ1) is 12.1. The van der Waals surface area contributed by atoms with E-state index in [0.29, 0.717) is 0 Å². The van der Waals surface area contributed by atoms with Crippen molar-refractivity contribution in [2.24, 2.45) is 23.7 Å². The molecule has 0 aromatic heterocycles. The van der Waals surface area contributed by atoms with Crippen LogP contribution in [-0.4, -0.2) is 0 Å². The van der Waals surface area contributed by atoms with Gasteiger partial charge in [0.25, 0.3) is 0 Å². The largest absolute Gasteiger partial charge is 0.0651 e. The maximum Gasteiger partial charge on any atom is -0.0409 e. The first-order valence-corrected chi connectivity index (χ1v) is 6.61. The molecule has 4 unspecified atom stereocenters. The van der Waals surface area contributed by atoms with Crippen LogP contribution in [0, 0.1) is 23.7 Å². The normalized spacial score (nSPS) is 36.4. The Morgan fingerprint density at radius 1 is 1.07 bits per heavy atom. The molecule has 0 saturated heterocycles. The van der Waals surface area contributed by atoms with Gasteiger partial charge in [0, 0.05) is 0 Å². The average Bonchev–Trinajstić information content (AvgIpc) is 2.27. The van der Waals surface area contributed by atoms with Crippen molar-refractivity contribution in [1.82, 2.24) is 0 Å². The minimum Gasteiger partial charge on any atom is -0.0651 e. The van der Waals surface area contributed by atoms with E-state index in [2.05, 4.69) is 27.7 Å². The summed E-state index contributed by atoms with van der Waals surface area (Å²) in [5.74, 6) is 3.93. The number of hydrogen-bond donors (Lipinski definition) is 0. The molecule has 0 nitrogen and oxygen atoms in total. The van der Waals surface area contributed by atoms with Crippen molar-refractivity contribution in [3.8, 4) is 0 Å². The Bertz CT molecular complexity index is 148. The van der Waals surface area contributed by atoms with Crippen molar-refractivity contribution in [2.45, 2.75) is 66.2 Å². The Morgan fingerprint density at radius 2 is 1.79 bits per heavy atom. The van der Waals surface area contributed by atoms with E-state index in [4.69, 9.17) is 0 Å². The number of hydrogen-bond acceptors (Lipinski definition) is 0. The van der Waals surface area contributed by atoms with Gasteiger partial charge >= 0.3 is 0 Å². The van der Waals surface area contributed by atoms with Crippen LogP contribution in [0.3, 0.4) is 0 Å². The highest BCUT2D eigenvalue weighted by Crippen LogP contribution is 2.34. The van der Waals surface area contributed by atoms with Crippen LogP contribution >= 0.6 is 0 Å². The molecule has 1 rings (SSSR count). The van der Waals surface area contributed by atoms with E-state index in [1.807, 2.05) is 0 Å². The van der Waals surface area contributed by atoms with E-state index in [0.717, 1.165) is 23.7 Å². The Labute approximate surface area is 90.5 Å². The molecule has 84 valence electrons. The molecule has 0 heteroatoms. The first-order chi connectivity index (χ1) is 6.61. The lowest BCUT2D eigenvalue weighted by Gasteiger charge is -2.20. The van der Waals surface area contributed by atoms with Crippen LogP contribution in [0.15, 0.2) is 0 Å². The third-order valence-electron chi connectivity index (χ3n) is 4.04. The summed E-state index contributed by atoms with van der Waals surface area (Å²) in [5.41, 5.74) is 0.